The molecule has 0 bridgehead atoms. The summed E-state index contributed by atoms with van der Waals surface area (Å²) >= 11 is 0. The van der Waals surface area contributed by atoms with Gasteiger partial charge < -0.3 is 15.4 Å². The van der Waals surface area contributed by atoms with Gasteiger partial charge in [-0.1, -0.05) is 19.3 Å². The Kier molecular flexibility index (Phi) is 6.72. The van der Waals surface area contributed by atoms with Gasteiger partial charge in [0, 0.05) is 5.69 Å². The summed E-state index contributed by atoms with van der Waals surface area (Å²) in [4.78, 5) is 35.1. The number of rotatable bonds is 6. The summed E-state index contributed by atoms with van der Waals surface area (Å²) in [6.07, 6.45) is 4.76. The van der Waals surface area contributed by atoms with E-state index in [-0.39, 0.29) is 25.0 Å². The number of amides is 2. The van der Waals surface area contributed by atoms with E-state index in [0.29, 0.717) is 5.69 Å². The number of carbonyl (C=O) groups is 3. The Bertz CT molecular complexity index is 583. The number of benzene rings is 1. The molecule has 0 radical (unpaired) electrons. The second-order valence-corrected chi connectivity index (χ2v) is 5.77. The highest BCUT2D eigenvalue weighted by molar-refractivity contribution is 5.94. The lowest BCUT2D eigenvalue weighted by Gasteiger charge is -2.19. The van der Waals surface area contributed by atoms with Gasteiger partial charge in [-0.3, -0.25) is 14.4 Å². The first-order valence-electron chi connectivity index (χ1n) is 8.03. The lowest BCUT2D eigenvalue weighted by atomic mass is 9.89. The monoisotopic (exact) mass is 336 g/mol. The Morgan fingerprint density at radius 2 is 1.71 bits per heavy atom. The van der Waals surface area contributed by atoms with Crippen LogP contribution in [-0.4, -0.2) is 30.9 Å². The van der Waals surface area contributed by atoms with Crippen molar-refractivity contribution in [3.8, 4) is 0 Å². The molecular formula is C17H21FN2O4. The Balaban J connectivity index is 1.64. The molecule has 1 fully saturated rings. The van der Waals surface area contributed by atoms with Gasteiger partial charge in [0.05, 0.1) is 12.5 Å². The van der Waals surface area contributed by atoms with Gasteiger partial charge in [0.25, 0.3) is 5.91 Å². The van der Waals surface area contributed by atoms with Crippen LogP contribution in [0.25, 0.3) is 0 Å². The molecule has 6 nitrogen and oxygen atoms in total. The number of hydrogen-bond acceptors (Lipinski definition) is 4. The molecule has 2 rings (SSSR count). The van der Waals surface area contributed by atoms with Crippen molar-refractivity contribution in [3.63, 3.8) is 0 Å². The zero-order chi connectivity index (χ0) is 17.4. The largest absolute Gasteiger partial charge is 0.455 e. The molecule has 2 amide bonds. The van der Waals surface area contributed by atoms with Gasteiger partial charge >= 0.3 is 5.97 Å². The van der Waals surface area contributed by atoms with Crippen LogP contribution in [0.5, 0.6) is 0 Å². The number of anilines is 1. The van der Waals surface area contributed by atoms with Crippen LogP contribution in [-0.2, 0) is 19.1 Å². The topological polar surface area (TPSA) is 84.5 Å². The molecule has 0 atom stereocenters. The number of ether oxygens (including phenoxy) is 1. The fraction of sp³-hybridized carbons (Fsp3) is 0.471. The lowest BCUT2D eigenvalue weighted by molar-refractivity contribution is -0.153. The average Bonchev–Trinajstić information content (AvgIpc) is 2.60. The Labute approximate surface area is 139 Å². The van der Waals surface area contributed by atoms with Gasteiger partial charge in [0.15, 0.2) is 6.61 Å². The molecule has 1 saturated carbocycles. The minimum Gasteiger partial charge on any atom is -0.455 e. The van der Waals surface area contributed by atoms with Crippen LogP contribution in [0.4, 0.5) is 10.1 Å². The molecule has 0 saturated heterocycles. The van der Waals surface area contributed by atoms with E-state index in [2.05, 4.69) is 10.6 Å². The summed E-state index contributed by atoms with van der Waals surface area (Å²) in [6.45, 7) is -0.643. The summed E-state index contributed by atoms with van der Waals surface area (Å²) in [7, 11) is 0. The van der Waals surface area contributed by atoms with E-state index in [1.54, 1.807) is 0 Å². The van der Waals surface area contributed by atoms with Crippen LogP contribution in [0, 0.1) is 11.7 Å². The van der Waals surface area contributed by atoms with Crippen molar-refractivity contribution < 1.29 is 23.5 Å². The maximum atomic E-state index is 12.8. The van der Waals surface area contributed by atoms with E-state index in [9.17, 15) is 18.8 Å². The van der Waals surface area contributed by atoms with Crippen LogP contribution < -0.4 is 10.6 Å². The van der Waals surface area contributed by atoms with Gasteiger partial charge in [-0.2, -0.15) is 0 Å². The van der Waals surface area contributed by atoms with Crippen molar-refractivity contribution in [1.29, 1.82) is 0 Å². The van der Waals surface area contributed by atoms with Gasteiger partial charge in [-0.05, 0) is 37.1 Å². The van der Waals surface area contributed by atoms with Crippen LogP contribution in [0.1, 0.15) is 32.1 Å². The van der Waals surface area contributed by atoms with E-state index >= 15 is 0 Å². The molecule has 0 heterocycles. The van der Waals surface area contributed by atoms with E-state index < -0.39 is 17.6 Å². The molecule has 0 aliphatic heterocycles. The third kappa shape index (κ3) is 5.98. The van der Waals surface area contributed by atoms with E-state index in [1.165, 1.54) is 24.3 Å². The Morgan fingerprint density at radius 3 is 2.38 bits per heavy atom. The zero-order valence-corrected chi connectivity index (χ0v) is 13.3. The van der Waals surface area contributed by atoms with Gasteiger partial charge in [0.2, 0.25) is 5.91 Å². The van der Waals surface area contributed by atoms with Crippen molar-refractivity contribution in [2.75, 3.05) is 18.5 Å². The highest BCUT2D eigenvalue weighted by Crippen LogP contribution is 2.24. The summed E-state index contributed by atoms with van der Waals surface area (Å²) in [5.74, 6) is -1.85. The molecule has 0 spiro atoms. The number of esters is 1. The molecule has 1 aliphatic rings. The lowest BCUT2D eigenvalue weighted by Crippen LogP contribution is -2.36. The standard InChI is InChI=1S/C17H21FN2O4/c18-13-6-8-14(9-7-13)20-15(21)10-19-16(22)11-24-17(23)12-4-2-1-3-5-12/h6-9,12H,1-5,10-11H2,(H,19,22)(H,20,21). The third-order valence-corrected chi connectivity index (χ3v) is 3.86. The first-order chi connectivity index (χ1) is 11.5. The first-order valence-corrected chi connectivity index (χ1v) is 8.03. The van der Waals surface area contributed by atoms with E-state index in [0.717, 1.165) is 32.1 Å². The number of nitrogens with one attached hydrogen (secondary N) is 2. The van der Waals surface area contributed by atoms with Crippen molar-refractivity contribution >= 4 is 23.5 Å². The third-order valence-electron chi connectivity index (χ3n) is 3.86. The maximum absolute atomic E-state index is 12.8. The summed E-state index contributed by atoms with van der Waals surface area (Å²) in [5.41, 5.74) is 0.430. The normalized spacial score (nSPS) is 14.7. The summed E-state index contributed by atoms with van der Waals surface area (Å²) < 4.78 is 17.7. The fourth-order valence-electron chi connectivity index (χ4n) is 2.56. The molecule has 24 heavy (non-hydrogen) atoms. The average molecular weight is 336 g/mol. The van der Waals surface area contributed by atoms with Crippen molar-refractivity contribution in [2.24, 2.45) is 5.92 Å². The molecule has 1 aliphatic carbocycles. The first kappa shape index (κ1) is 17.9. The summed E-state index contributed by atoms with van der Waals surface area (Å²) in [5, 5.41) is 4.88. The number of carbonyl (C=O) groups excluding carboxylic acids is 3. The highest BCUT2D eigenvalue weighted by Gasteiger charge is 2.23. The predicted octanol–water partition coefficient (Wildman–Crippen LogP) is 2.00. The zero-order valence-electron chi connectivity index (χ0n) is 13.3. The van der Waals surface area contributed by atoms with Gasteiger partial charge in [-0.15, -0.1) is 0 Å². The predicted molar refractivity (Wildman–Crippen MR) is 85.6 cm³/mol. The number of hydrogen-bond donors (Lipinski definition) is 2. The molecule has 130 valence electrons. The quantitative estimate of drug-likeness (QED) is 0.778. The minimum atomic E-state index is -0.534. The van der Waals surface area contributed by atoms with Gasteiger partial charge in [-0.25, -0.2) is 4.39 Å². The second-order valence-electron chi connectivity index (χ2n) is 5.77. The molecule has 0 aromatic heterocycles. The van der Waals surface area contributed by atoms with Crippen molar-refractivity contribution in [3.05, 3.63) is 30.1 Å². The van der Waals surface area contributed by atoms with Crippen LogP contribution in [0.15, 0.2) is 24.3 Å². The number of halogens is 1. The maximum Gasteiger partial charge on any atom is 0.309 e. The summed E-state index contributed by atoms with van der Waals surface area (Å²) in [6, 6.07) is 5.28. The second kappa shape index (κ2) is 9.00. The molecule has 1 aromatic carbocycles. The van der Waals surface area contributed by atoms with Gasteiger partial charge in [0.1, 0.15) is 5.82 Å². The smallest absolute Gasteiger partial charge is 0.309 e. The van der Waals surface area contributed by atoms with Crippen molar-refractivity contribution in [2.45, 2.75) is 32.1 Å². The van der Waals surface area contributed by atoms with E-state index in [4.69, 9.17) is 4.74 Å². The van der Waals surface area contributed by atoms with Crippen LogP contribution in [0.2, 0.25) is 0 Å². The Morgan fingerprint density at radius 1 is 1.04 bits per heavy atom. The minimum absolute atomic E-state index is 0.117. The Hall–Kier alpha value is -2.44. The molecular weight excluding hydrogens is 315 g/mol. The SMILES string of the molecule is O=C(COC(=O)C1CCCCC1)NCC(=O)Nc1ccc(F)cc1. The van der Waals surface area contributed by atoms with Crippen LogP contribution in [0.3, 0.4) is 0 Å². The van der Waals surface area contributed by atoms with Crippen LogP contribution >= 0.6 is 0 Å². The molecule has 1 aromatic rings. The van der Waals surface area contributed by atoms with Crippen molar-refractivity contribution in [1.82, 2.24) is 5.32 Å². The molecule has 2 N–H and O–H groups in total. The molecule has 0 unspecified atom stereocenters. The van der Waals surface area contributed by atoms with E-state index in [1.807, 2.05) is 0 Å². The fourth-order valence-corrected chi connectivity index (χ4v) is 2.56. The highest BCUT2D eigenvalue weighted by atomic mass is 19.1. The molecule has 7 heteroatoms.